The second kappa shape index (κ2) is 6.80. The molecule has 0 aromatic heterocycles. The third kappa shape index (κ3) is 4.62. The van der Waals surface area contributed by atoms with Gasteiger partial charge in [-0.1, -0.05) is 26.2 Å². The quantitative estimate of drug-likeness (QED) is 0.664. The first-order valence-corrected chi connectivity index (χ1v) is 5.87. The van der Waals surface area contributed by atoms with E-state index < -0.39 is 6.10 Å². The molecule has 0 aliphatic carbocycles. The maximum absolute atomic E-state index is 10.9. The second-order valence-corrected chi connectivity index (χ2v) is 4.12. The molecule has 1 heterocycles. The molecule has 1 atom stereocenters. The number of morpholine rings is 1. The van der Waals surface area contributed by atoms with Crippen LogP contribution in [0, 0.1) is 0 Å². The highest BCUT2D eigenvalue weighted by Crippen LogP contribution is 2.07. The topological polar surface area (TPSA) is 55.6 Å². The highest BCUT2D eigenvalue weighted by Gasteiger charge is 2.23. The van der Waals surface area contributed by atoms with E-state index >= 15 is 0 Å². The molecule has 0 spiro atoms. The van der Waals surface area contributed by atoms with Gasteiger partial charge in [-0.15, -0.1) is 0 Å². The van der Waals surface area contributed by atoms with Crippen LogP contribution in [0.1, 0.15) is 32.6 Å². The molecule has 1 rings (SSSR count). The predicted octanol–water partition coefficient (Wildman–Crippen LogP) is 0.753. The van der Waals surface area contributed by atoms with Gasteiger partial charge in [-0.2, -0.15) is 0 Å². The summed E-state index contributed by atoms with van der Waals surface area (Å²) in [4.78, 5) is 13.2. The van der Waals surface area contributed by atoms with E-state index in [2.05, 4.69) is 11.8 Å². The smallest absolute Gasteiger partial charge is 0.247 e. The van der Waals surface area contributed by atoms with Crippen LogP contribution in [0.25, 0.3) is 0 Å². The zero-order chi connectivity index (χ0) is 11.1. The van der Waals surface area contributed by atoms with Crippen molar-refractivity contribution in [2.24, 2.45) is 5.73 Å². The third-order valence-corrected chi connectivity index (χ3v) is 2.80. The van der Waals surface area contributed by atoms with E-state index in [9.17, 15) is 4.79 Å². The summed E-state index contributed by atoms with van der Waals surface area (Å²) in [6.45, 7) is 5.49. The lowest BCUT2D eigenvalue weighted by molar-refractivity contribution is -0.135. The first-order valence-electron chi connectivity index (χ1n) is 5.87. The number of carbonyl (C=O) groups is 1. The Morgan fingerprint density at radius 3 is 2.93 bits per heavy atom. The van der Waals surface area contributed by atoms with Gasteiger partial charge in [0, 0.05) is 13.1 Å². The second-order valence-electron chi connectivity index (χ2n) is 4.12. The molecule has 4 nitrogen and oxygen atoms in total. The molecule has 1 fully saturated rings. The lowest BCUT2D eigenvalue weighted by Crippen LogP contribution is -2.48. The molecule has 1 saturated heterocycles. The van der Waals surface area contributed by atoms with Crippen LogP contribution in [0.3, 0.4) is 0 Å². The van der Waals surface area contributed by atoms with Gasteiger partial charge in [0.25, 0.3) is 0 Å². The number of ether oxygens (including phenoxy) is 1. The number of unbranched alkanes of at least 4 members (excludes halogenated alkanes) is 3. The van der Waals surface area contributed by atoms with E-state index in [1.54, 1.807) is 0 Å². The summed E-state index contributed by atoms with van der Waals surface area (Å²) in [7, 11) is 0. The average Bonchev–Trinajstić information content (AvgIpc) is 2.25. The summed E-state index contributed by atoms with van der Waals surface area (Å²) >= 11 is 0. The van der Waals surface area contributed by atoms with Crippen LogP contribution < -0.4 is 5.73 Å². The van der Waals surface area contributed by atoms with Crippen molar-refractivity contribution >= 4 is 5.91 Å². The van der Waals surface area contributed by atoms with Gasteiger partial charge < -0.3 is 10.5 Å². The average molecular weight is 214 g/mol. The van der Waals surface area contributed by atoms with Crippen LogP contribution in [0.2, 0.25) is 0 Å². The summed E-state index contributed by atoms with van der Waals surface area (Å²) in [5.41, 5.74) is 5.22. The Labute approximate surface area is 91.8 Å². The van der Waals surface area contributed by atoms with Crippen molar-refractivity contribution in [2.75, 3.05) is 26.2 Å². The van der Waals surface area contributed by atoms with Crippen LogP contribution in [-0.2, 0) is 9.53 Å². The first-order chi connectivity index (χ1) is 7.24. The zero-order valence-electron chi connectivity index (χ0n) is 9.58. The van der Waals surface area contributed by atoms with Crippen molar-refractivity contribution in [1.29, 1.82) is 0 Å². The van der Waals surface area contributed by atoms with Gasteiger partial charge in [0.1, 0.15) is 6.10 Å². The molecule has 0 aromatic carbocycles. The highest BCUT2D eigenvalue weighted by atomic mass is 16.5. The summed E-state index contributed by atoms with van der Waals surface area (Å²) in [6, 6.07) is 0. The van der Waals surface area contributed by atoms with Crippen molar-refractivity contribution in [3.8, 4) is 0 Å². The number of rotatable bonds is 6. The minimum atomic E-state index is -0.398. The Hall–Kier alpha value is -0.610. The number of hydrogen-bond acceptors (Lipinski definition) is 3. The summed E-state index contributed by atoms with van der Waals surface area (Å²) in [6.07, 6.45) is 4.63. The van der Waals surface area contributed by atoms with Crippen molar-refractivity contribution in [3.63, 3.8) is 0 Å². The van der Waals surface area contributed by atoms with E-state index in [1.165, 1.54) is 25.7 Å². The molecule has 88 valence electrons. The SMILES string of the molecule is CCCCCCN1CCOC(C(N)=O)C1. The number of nitrogens with zero attached hydrogens (tertiary/aromatic N) is 1. The van der Waals surface area contributed by atoms with E-state index in [-0.39, 0.29) is 5.91 Å². The van der Waals surface area contributed by atoms with E-state index in [1.807, 2.05) is 0 Å². The number of carbonyl (C=O) groups excluding carboxylic acids is 1. The first kappa shape index (κ1) is 12.5. The lowest BCUT2D eigenvalue weighted by Gasteiger charge is -2.31. The van der Waals surface area contributed by atoms with Gasteiger partial charge in [0.05, 0.1) is 6.61 Å². The molecular weight excluding hydrogens is 192 g/mol. The fraction of sp³-hybridized carbons (Fsp3) is 0.909. The third-order valence-electron chi connectivity index (χ3n) is 2.80. The van der Waals surface area contributed by atoms with Crippen LogP contribution in [-0.4, -0.2) is 43.2 Å². The van der Waals surface area contributed by atoms with Gasteiger partial charge in [-0.05, 0) is 13.0 Å². The minimum Gasteiger partial charge on any atom is -0.367 e. The molecular formula is C11H22N2O2. The number of nitrogens with two attached hydrogens (primary N) is 1. The Morgan fingerprint density at radius 2 is 2.27 bits per heavy atom. The number of amides is 1. The lowest BCUT2D eigenvalue weighted by atomic mass is 10.2. The molecule has 0 saturated carbocycles. The molecule has 2 N–H and O–H groups in total. The highest BCUT2D eigenvalue weighted by molar-refractivity contribution is 5.79. The fourth-order valence-electron chi connectivity index (χ4n) is 1.84. The van der Waals surface area contributed by atoms with Crippen molar-refractivity contribution in [2.45, 2.75) is 38.7 Å². The number of hydrogen-bond donors (Lipinski definition) is 1. The summed E-state index contributed by atoms with van der Waals surface area (Å²) < 4.78 is 5.28. The van der Waals surface area contributed by atoms with E-state index in [0.29, 0.717) is 13.2 Å². The zero-order valence-corrected chi connectivity index (χ0v) is 9.58. The van der Waals surface area contributed by atoms with Crippen molar-refractivity contribution in [1.82, 2.24) is 4.90 Å². The van der Waals surface area contributed by atoms with Crippen molar-refractivity contribution in [3.05, 3.63) is 0 Å². The minimum absolute atomic E-state index is 0.340. The Kier molecular flexibility index (Phi) is 5.65. The molecule has 15 heavy (non-hydrogen) atoms. The normalized spacial score (nSPS) is 22.9. The fourth-order valence-corrected chi connectivity index (χ4v) is 1.84. The molecule has 0 radical (unpaired) electrons. The molecule has 1 aliphatic rings. The van der Waals surface area contributed by atoms with Crippen LogP contribution in [0.15, 0.2) is 0 Å². The van der Waals surface area contributed by atoms with Gasteiger partial charge in [-0.3, -0.25) is 9.69 Å². The van der Waals surface area contributed by atoms with Gasteiger partial charge in [0.15, 0.2) is 0 Å². The van der Waals surface area contributed by atoms with Gasteiger partial charge >= 0.3 is 0 Å². The molecule has 1 unspecified atom stereocenters. The molecule has 4 heteroatoms. The molecule has 0 aromatic rings. The van der Waals surface area contributed by atoms with Gasteiger partial charge in [-0.25, -0.2) is 0 Å². The molecule has 1 amide bonds. The molecule has 0 bridgehead atoms. The number of primary amides is 1. The van der Waals surface area contributed by atoms with E-state index in [4.69, 9.17) is 10.5 Å². The van der Waals surface area contributed by atoms with Gasteiger partial charge in [0.2, 0.25) is 5.91 Å². The Balaban J connectivity index is 2.15. The molecule has 1 aliphatic heterocycles. The van der Waals surface area contributed by atoms with E-state index in [0.717, 1.165) is 13.1 Å². The maximum Gasteiger partial charge on any atom is 0.247 e. The largest absolute Gasteiger partial charge is 0.367 e. The summed E-state index contributed by atoms with van der Waals surface area (Å²) in [5, 5.41) is 0. The van der Waals surface area contributed by atoms with Crippen LogP contribution in [0.5, 0.6) is 0 Å². The maximum atomic E-state index is 10.9. The summed E-state index contributed by atoms with van der Waals surface area (Å²) in [5.74, 6) is -0.340. The predicted molar refractivity (Wildman–Crippen MR) is 59.5 cm³/mol. The van der Waals surface area contributed by atoms with Crippen LogP contribution in [0.4, 0.5) is 0 Å². The monoisotopic (exact) mass is 214 g/mol. The van der Waals surface area contributed by atoms with Crippen LogP contribution >= 0.6 is 0 Å². The Morgan fingerprint density at radius 1 is 1.47 bits per heavy atom. The Bertz CT molecular complexity index is 197. The standard InChI is InChI=1S/C11H22N2O2/c1-2-3-4-5-6-13-7-8-15-10(9-13)11(12)14/h10H,2-9H2,1H3,(H2,12,14). The van der Waals surface area contributed by atoms with Crippen molar-refractivity contribution < 1.29 is 9.53 Å².